The molecule has 4 nitrogen and oxygen atoms in total. The van der Waals surface area contributed by atoms with Gasteiger partial charge in [-0.3, -0.25) is 0 Å². The molecule has 0 amide bonds. The van der Waals surface area contributed by atoms with Gasteiger partial charge in [-0.1, -0.05) is 11.6 Å². The number of nitrogens with zero attached hydrogens (tertiary/aromatic N) is 2. The third-order valence-electron chi connectivity index (χ3n) is 2.10. The van der Waals surface area contributed by atoms with E-state index >= 15 is 0 Å². The van der Waals surface area contributed by atoms with Gasteiger partial charge in [0.25, 0.3) is 5.88 Å². The highest BCUT2D eigenvalue weighted by atomic mass is 35.5. The highest BCUT2D eigenvalue weighted by Gasteiger charge is 2.11. The van der Waals surface area contributed by atoms with E-state index in [2.05, 4.69) is 9.97 Å². The summed E-state index contributed by atoms with van der Waals surface area (Å²) in [5.74, 6) is 0.372. The lowest BCUT2D eigenvalue weighted by Gasteiger charge is -2.14. The van der Waals surface area contributed by atoms with Crippen LogP contribution >= 0.6 is 11.6 Å². The molecular weight excluding hydrogens is 228 g/mol. The third-order valence-corrected chi connectivity index (χ3v) is 2.35. The van der Waals surface area contributed by atoms with E-state index in [1.165, 1.54) is 0 Å². The van der Waals surface area contributed by atoms with Gasteiger partial charge in [0.05, 0.1) is 18.0 Å². The minimum Gasteiger partial charge on any atom is -0.470 e. The molecular formula is C11H17ClN2O2. The first-order valence-corrected chi connectivity index (χ1v) is 5.67. The molecule has 0 aliphatic heterocycles. The van der Waals surface area contributed by atoms with Crippen LogP contribution in [0.15, 0.2) is 0 Å². The van der Waals surface area contributed by atoms with E-state index in [-0.39, 0.29) is 6.10 Å². The Balaban J connectivity index is 2.69. The molecule has 0 aliphatic rings. The molecule has 0 saturated heterocycles. The van der Waals surface area contributed by atoms with Crippen LogP contribution in [0.2, 0.25) is 5.15 Å². The van der Waals surface area contributed by atoms with Gasteiger partial charge in [-0.05, 0) is 27.7 Å². The Labute approximate surface area is 101 Å². The summed E-state index contributed by atoms with van der Waals surface area (Å²) in [4.78, 5) is 8.39. The van der Waals surface area contributed by atoms with E-state index in [4.69, 9.17) is 21.1 Å². The molecule has 0 aliphatic carbocycles. The summed E-state index contributed by atoms with van der Waals surface area (Å²) in [5.41, 5.74) is 1.64. The van der Waals surface area contributed by atoms with Crippen LogP contribution in [0.1, 0.15) is 25.2 Å². The Morgan fingerprint density at radius 3 is 2.50 bits per heavy atom. The van der Waals surface area contributed by atoms with Crippen molar-refractivity contribution in [2.24, 2.45) is 0 Å². The number of ether oxygens (including phenoxy) is 2. The van der Waals surface area contributed by atoms with Crippen molar-refractivity contribution < 1.29 is 9.47 Å². The predicted molar refractivity (Wildman–Crippen MR) is 63.1 cm³/mol. The molecule has 1 aromatic heterocycles. The second kappa shape index (κ2) is 6.01. The maximum absolute atomic E-state index is 5.94. The first-order valence-electron chi connectivity index (χ1n) is 5.29. The number of hydrogen-bond acceptors (Lipinski definition) is 4. The van der Waals surface area contributed by atoms with Gasteiger partial charge in [0.1, 0.15) is 6.10 Å². The Morgan fingerprint density at radius 2 is 1.88 bits per heavy atom. The smallest absolute Gasteiger partial charge is 0.252 e. The van der Waals surface area contributed by atoms with Gasteiger partial charge in [0.2, 0.25) is 0 Å². The Morgan fingerprint density at radius 1 is 1.25 bits per heavy atom. The number of halogens is 1. The molecule has 0 bridgehead atoms. The largest absolute Gasteiger partial charge is 0.470 e. The molecule has 1 aromatic rings. The lowest BCUT2D eigenvalue weighted by Crippen LogP contribution is -2.20. The lowest BCUT2D eigenvalue weighted by molar-refractivity contribution is 0.0631. The average Bonchev–Trinajstić information content (AvgIpc) is 2.23. The summed E-state index contributed by atoms with van der Waals surface area (Å²) in [7, 11) is 0. The minimum atomic E-state index is -0.0890. The number of hydrogen-bond donors (Lipinski definition) is 0. The van der Waals surface area contributed by atoms with Crippen LogP contribution in [0.5, 0.6) is 5.88 Å². The molecule has 90 valence electrons. The summed E-state index contributed by atoms with van der Waals surface area (Å²) in [6, 6.07) is 0. The summed E-state index contributed by atoms with van der Waals surface area (Å²) >= 11 is 5.94. The fourth-order valence-corrected chi connectivity index (χ4v) is 1.35. The zero-order chi connectivity index (χ0) is 12.1. The van der Waals surface area contributed by atoms with Gasteiger partial charge in [-0.25, -0.2) is 9.97 Å². The number of aryl methyl sites for hydroxylation is 2. The van der Waals surface area contributed by atoms with Crippen molar-refractivity contribution >= 4 is 11.6 Å². The van der Waals surface area contributed by atoms with E-state index in [1.54, 1.807) is 0 Å². The molecule has 1 rings (SSSR count). The van der Waals surface area contributed by atoms with Crippen LogP contribution in [0, 0.1) is 13.8 Å². The standard InChI is InChI=1S/C11H17ClN2O2/c1-5-15-6-7(2)16-11-10(12)13-8(3)9(4)14-11/h7H,5-6H2,1-4H3. The average molecular weight is 245 g/mol. The molecule has 0 spiro atoms. The molecule has 0 radical (unpaired) electrons. The molecule has 16 heavy (non-hydrogen) atoms. The Kier molecular flexibility index (Phi) is 4.96. The molecule has 1 atom stereocenters. The summed E-state index contributed by atoms with van der Waals surface area (Å²) < 4.78 is 10.8. The minimum absolute atomic E-state index is 0.0890. The summed E-state index contributed by atoms with van der Waals surface area (Å²) in [5, 5.41) is 0.298. The third kappa shape index (κ3) is 3.61. The van der Waals surface area contributed by atoms with Crippen molar-refractivity contribution in [3.63, 3.8) is 0 Å². The topological polar surface area (TPSA) is 44.2 Å². The van der Waals surface area contributed by atoms with Crippen molar-refractivity contribution in [3.05, 3.63) is 16.5 Å². The second-order valence-corrected chi connectivity index (χ2v) is 3.94. The molecule has 0 saturated carbocycles. The maximum Gasteiger partial charge on any atom is 0.252 e. The van der Waals surface area contributed by atoms with E-state index in [0.717, 1.165) is 11.4 Å². The molecule has 0 aromatic carbocycles. The van der Waals surface area contributed by atoms with Crippen molar-refractivity contribution in [3.8, 4) is 5.88 Å². The first kappa shape index (κ1) is 13.2. The van der Waals surface area contributed by atoms with E-state index < -0.39 is 0 Å². The van der Waals surface area contributed by atoms with Crippen LogP contribution in [-0.2, 0) is 4.74 Å². The van der Waals surface area contributed by atoms with Gasteiger partial charge >= 0.3 is 0 Å². The van der Waals surface area contributed by atoms with E-state index in [0.29, 0.717) is 24.2 Å². The van der Waals surface area contributed by atoms with Gasteiger partial charge in [-0.2, -0.15) is 0 Å². The summed E-state index contributed by atoms with van der Waals surface area (Å²) in [6.07, 6.45) is -0.0890. The number of rotatable bonds is 5. The SMILES string of the molecule is CCOCC(C)Oc1nc(C)c(C)nc1Cl. The fraction of sp³-hybridized carbons (Fsp3) is 0.636. The Bertz CT molecular complexity index is 358. The normalized spacial score (nSPS) is 12.6. The van der Waals surface area contributed by atoms with Crippen molar-refractivity contribution in [1.29, 1.82) is 0 Å². The maximum atomic E-state index is 5.94. The highest BCUT2D eigenvalue weighted by molar-refractivity contribution is 6.30. The number of aromatic nitrogens is 2. The quantitative estimate of drug-likeness (QED) is 0.799. The fourth-order valence-electron chi connectivity index (χ4n) is 1.14. The van der Waals surface area contributed by atoms with Gasteiger partial charge < -0.3 is 9.47 Å². The van der Waals surface area contributed by atoms with Crippen molar-refractivity contribution in [2.45, 2.75) is 33.8 Å². The van der Waals surface area contributed by atoms with Crippen molar-refractivity contribution in [1.82, 2.24) is 9.97 Å². The lowest BCUT2D eigenvalue weighted by atomic mass is 10.3. The predicted octanol–water partition coefficient (Wildman–Crippen LogP) is 2.55. The van der Waals surface area contributed by atoms with Crippen molar-refractivity contribution in [2.75, 3.05) is 13.2 Å². The van der Waals surface area contributed by atoms with E-state index in [9.17, 15) is 0 Å². The van der Waals surface area contributed by atoms with Crippen LogP contribution in [-0.4, -0.2) is 29.3 Å². The zero-order valence-corrected chi connectivity index (χ0v) is 10.8. The molecule has 5 heteroatoms. The molecule has 0 N–H and O–H groups in total. The van der Waals surface area contributed by atoms with Gasteiger partial charge in [-0.15, -0.1) is 0 Å². The Hall–Kier alpha value is -0.870. The summed E-state index contributed by atoms with van der Waals surface area (Å²) in [6.45, 7) is 8.76. The van der Waals surface area contributed by atoms with Crippen LogP contribution in [0.25, 0.3) is 0 Å². The zero-order valence-electron chi connectivity index (χ0n) is 10.1. The van der Waals surface area contributed by atoms with Crippen LogP contribution < -0.4 is 4.74 Å². The second-order valence-electron chi connectivity index (χ2n) is 3.58. The molecule has 1 unspecified atom stereocenters. The van der Waals surface area contributed by atoms with Crippen LogP contribution in [0.3, 0.4) is 0 Å². The monoisotopic (exact) mass is 244 g/mol. The molecule has 0 fully saturated rings. The van der Waals surface area contributed by atoms with Crippen LogP contribution in [0.4, 0.5) is 0 Å². The van der Waals surface area contributed by atoms with Gasteiger partial charge in [0.15, 0.2) is 5.15 Å². The highest BCUT2D eigenvalue weighted by Crippen LogP contribution is 2.21. The van der Waals surface area contributed by atoms with E-state index in [1.807, 2.05) is 27.7 Å². The molecule has 1 heterocycles. The van der Waals surface area contributed by atoms with Gasteiger partial charge in [0, 0.05) is 6.61 Å². The first-order chi connectivity index (χ1) is 7.54.